The van der Waals surface area contributed by atoms with Gasteiger partial charge in [0.25, 0.3) is 0 Å². The Hall–Kier alpha value is -2.31. The van der Waals surface area contributed by atoms with Gasteiger partial charge < -0.3 is 14.7 Å². The summed E-state index contributed by atoms with van der Waals surface area (Å²) in [6.45, 7) is 9.71. The second-order valence-electron chi connectivity index (χ2n) is 11.2. The molecule has 0 aromatic carbocycles. The summed E-state index contributed by atoms with van der Waals surface area (Å²) in [7, 11) is 1.65. The Labute approximate surface area is 203 Å². The average molecular weight is 473 g/mol. The second-order valence-corrected chi connectivity index (χ2v) is 11.2. The number of carboxylic acid groups (broad SMARTS) is 1. The molecule has 0 saturated heterocycles. The number of fused-ring (bicyclic) bond motifs is 5. The molecule has 2 saturated carbocycles. The van der Waals surface area contributed by atoms with E-state index in [0.29, 0.717) is 43.0 Å². The van der Waals surface area contributed by atoms with Crippen molar-refractivity contribution in [3.05, 3.63) is 23.5 Å². The number of imide groups is 1. The Bertz CT molecular complexity index is 922. The van der Waals surface area contributed by atoms with E-state index in [0.717, 1.165) is 38.5 Å². The standard InChI is InChI=1S/C27H40N2O5/c1-6-29(7-2)24(31)28(5)23(30)22-11-10-20-19-9-8-17-16-18(34-25(32)33)12-14-26(17,3)21(19)13-15-27(20,22)4/h8,16,19-22H,6-7,9-15H2,1-5H3,(H,32,33)/t19-,20-,21-,22+,26-,27-/m0/s1. The fourth-order valence-corrected chi connectivity index (χ4v) is 7.93. The van der Waals surface area contributed by atoms with Crippen LogP contribution in [0.25, 0.3) is 0 Å². The van der Waals surface area contributed by atoms with Crippen LogP contribution >= 0.6 is 0 Å². The summed E-state index contributed by atoms with van der Waals surface area (Å²) in [5.74, 6) is 1.93. The van der Waals surface area contributed by atoms with Gasteiger partial charge in [0.2, 0.25) is 5.91 Å². The van der Waals surface area contributed by atoms with Crippen LogP contribution in [0.5, 0.6) is 0 Å². The van der Waals surface area contributed by atoms with E-state index in [1.807, 2.05) is 19.9 Å². The molecule has 0 radical (unpaired) electrons. The number of hydrogen-bond acceptors (Lipinski definition) is 4. The van der Waals surface area contributed by atoms with E-state index < -0.39 is 6.16 Å². The van der Waals surface area contributed by atoms with E-state index in [9.17, 15) is 14.4 Å². The van der Waals surface area contributed by atoms with E-state index in [4.69, 9.17) is 9.84 Å². The Morgan fingerprint density at radius 1 is 1.09 bits per heavy atom. The SMILES string of the molecule is CCN(CC)C(=O)N(C)C(=O)[C@H]1CC[C@H]2[C@@H]3CC=C4C=C(OC(=O)O)CC[C@]4(C)[C@H]3CC[C@]12C. The molecule has 6 atom stereocenters. The topological polar surface area (TPSA) is 87.2 Å². The van der Waals surface area contributed by atoms with Gasteiger partial charge in [0.15, 0.2) is 0 Å². The monoisotopic (exact) mass is 472 g/mol. The second kappa shape index (κ2) is 9.04. The number of ether oxygens (including phenoxy) is 1. The third-order valence-corrected chi connectivity index (χ3v) is 9.90. The van der Waals surface area contributed by atoms with Crippen molar-refractivity contribution in [2.24, 2.45) is 34.5 Å². The van der Waals surface area contributed by atoms with Gasteiger partial charge in [-0.1, -0.05) is 19.9 Å². The molecule has 188 valence electrons. The maximum Gasteiger partial charge on any atom is 0.511 e. The first kappa shape index (κ1) is 24.8. The largest absolute Gasteiger partial charge is 0.511 e. The van der Waals surface area contributed by atoms with Crippen LogP contribution < -0.4 is 0 Å². The molecular formula is C27H40N2O5. The summed E-state index contributed by atoms with van der Waals surface area (Å²) >= 11 is 0. The molecule has 2 fully saturated rings. The molecule has 4 rings (SSSR count). The van der Waals surface area contributed by atoms with Crippen molar-refractivity contribution in [2.45, 2.75) is 72.6 Å². The summed E-state index contributed by atoms with van der Waals surface area (Å²) < 4.78 is 4.99. The highest BCUT2D eigenvalue weighted by molar-refractivity contribution is 5.95. The van der Waals surface area contributed by atoms with Crippen molar-refractivity contribution in [2.75, 3.05) is 20.1 Å². The highest BCUT2D eigenvalue weighted by atomic mass is 16.7. The first-order chi connectivity index (χ1) is 16.1. The minimum absolute atomic E-state index is 0.0188. The molecule has 7 nitrogen and oxygen atoms in total. The molecule has 4 aliphatic rings. The van der Waals surface area contributed by atoms with Crippen molar-refractivity contribution in [3.63, 3.8) is 0 Å². The number of hydrogen-bond donors (Lipinski definition) is 1. The highest BCUT2D eigenvalue weighted by Crippen LogP contribution is 2.66. The van der Waals surface area contributed by atoms with Gasteiger partial charge in [-0.3, -0.25) is 9.69 Å². The minimum atomic E-state index is -1.25. The van der Waals surface area contributed by atoms with Gasteiger partial charge >= 0.3 is 12.2 Å². The minimum Gasteiger partial charge on any atom is -0.449 e. The van der Waals surface area contributed by atoms with Crippen LogP contribution in [0.4, 0.5) is 9.59 Å². The van der Waals surface area contributed by atoms with Gasteiger partial charge in [0.05, 0.1) is 0 Å². The summed E-state index contributed by atoms with van der Waals surface area (Å²) in [4.78, 5) is 40.5. The molecule has 3 amide bonds. The van der Waals surface area contributed by atoms with E-state index in [2.05, 4.69) is 19.9 Å². The molecule has 0 heterocycles. The maximum absolute atomic E-state index is 13.6. The lowest BCUT2D eigenvalue weighted by Gasteiger charge is -2.57. The lowest BCUT2D eigenvalue weighted by atomic mass is 9.48. The lowest BCUT2D eigenvalue weighted by Crippen LogP contribution is -2.52. The van der Waals surface area contributed by atoms with Gasteiger partial charge in [0.1, 0.15) is 5.76 Å². The van der Waals surface area contributed by atoms with Crippen molar-refractivity contribution in [3.8, 4) is 0 Å². The van der Waals surface area contributed by atoms with Gasteiger partial charge in [-0.2, -0.15) is 0 Å². The van der Waals surface area contributed by atoms with Crippen LogP contribution in [-0.2, 0) is 9.53 Å². The zero-order valence-corrected chi connectivity index (χ0v) is 21.3. The van der Waals surface area contributed by atoms with Crippen LogP contribution in [0.15, 0.2) is 23.5 Å². The summed E-state index contributed by atoms with van der Waals surface area (Å²) in [6.07, 6.45) is 9.44. The van der Waals surface area contributed by atoms with Gasteiger partial charge in [-0.05, 0) is 92.6 Å². The number of carbonyl (C=O) groups excluding carboxylic acids is 2. The summed E-state index contributed by atoms with van der Waals surface area (Å²) in [6, 6.07) is -0.193. The molecule has 4 aliphatic carbocycles. The number of urea groups is 1. The summed E-state index contributed by atoms with van der Waals surface area (Å²) in [5.41, 5.74) is 1.16. The van der Waals surface area contributed by atoms with Crippen LogP contribution in [0.3, 0.4) is 0 Å². The zero-order chi connectivity index (χ0) is 24.8. The van der Waals surface area contributed by atoms with Gasteiger partial charge in [0, 0.05) is 32.5 Å². The van der Waals surface area contributed by atoms with Crippen LogP contribution in [0.2, 0.25) is 0 Å². The predicted molar refractivity (Wildman–Crippen MR) is 129 cm³/mol. The zero-order valence-electron chi connectivity index (χ0n) is 21.3. The number of amides is 3. The third-order valence-electron chi connectivity index (χ3n) is 9.90. The maximum atomic E-state index is 13.6. The van der Waals surface area contributed by atoms with Gasteiger partial charge in [-0.15, -0.1) is 0 Å². The number of allylic oxidation sites excluding steroid dienone is 4. The Balaban J connectivity index is 1.55. The molecule has 0 aromatic rings. The molecule has 1 N–H and O–H groups in total. The Morgan fingerprint density at radius 2 is 1.79 bits per heavy atom. The van der Waals surface area contributed by atoms with Crippen molar-refractivity contribution < 1.29 is 24.2 Å². The smallest absolute Gasteiger partial charge is 0.449 e. The summed E-state index contributed by atoms with van der Waals surface area (Å²) in [5, 5.41) is 9.01. The first-order valence-electron chi connectivity index (χ1n) is 12.9. The van der Waals surface area contributed by atoms with Crippen LogP contribution in [0, 0.1) is 34.5 Å². The Morgan fingerprint density at radius 3 is 2.44 bits per heavy atom. The Kier molecular flexibility index (Phi) is 6.60. The average Bonchev–Trinajstić information content (AvgIpc) is 3.16. The fraction of sp³-hybridized carbons (Fsp3) is 0.741. The van der Waals surface area contributed by atoms with Crippen LogP contribution in [-0.4, -0.2) is 53.1 Å². The molecule has 0 aromatic heterocycles. The molecule has 0 spiro atoms. The van der Waals surface area contributed by atoms with Crippen LogP contribution in [0.1, 0.15) is 72.6 Å². The van der Waals surface area contributed by atoms with Crippen molar-refractivity contribution in [1.82, 2.24) is 9.80 Å². The van der Waals surface area contributed by atoms with Gasteiger partial charge in [-0.25, -0.2) is 9.59 Å². The number of nitrogens with zero attached hydrogens (tertiary/aromatic N) is 2. The fourth-order valence-electron chi connectivity index (χ4n) is 7.93. The van der Waals surface area contributed by atoms with E-state index in [-0.39, 0.29) is 28.7 Å². The lowest BCUT2D eigenvalue weighted by molar-refractivity contribution is -0.138. The van der Waals surface area contributed by atoms with Crippen molar-refractivity contribution in [1.29, 1.82) is 0 Å². The predicted octanol–water partition coefficient (Wildman–Crippen LogP) is 5.67. The van der Waals surface area contributed by atoms with E-state index in [1.165, 1.54) is 10.5 Å². The first-order valence-corrected chi connectivity index (χ1v) is 12.9. The molecular weight excluding hydrogens is 432 g/mol. The molecule has 0 bridgehead atoms. The number of rotatable bonds is 4. The van der Waals surface area contributed by atoms with Crippen molar-refractivity contribution >= 4 is 18.1 Å². The van der Waals surface area contributed by atoms with E-state index >= 15 is 0 Å². The normalized spacial score (nSPS) is 36.3. The highest BCUT2D eigenvalue weighted by Gasteiger charge is 2.60. The molecule has 0 aliphatic heterocycles. The third kappa shape index (κ3) is 3.85. The molecule has 7 heteroatoms. The molecule has 0 unspecified atom stereocenters. The number of carbonyl (C=O) groups is 3. The van der Waals surface area contributed by atoms with E-state index in [1.54, 1.807) is 11.9 Å². The quantitative estimate of drug-likeness (QED) is 0.532. The molecule has 34 heavy (non-hydrogen) atoms.